The van der Waals surface area contributed by atoms with E-state index in [1.165, 1.54) is 4.90 Å². The predicted octanol–water partition coefficient (Wildman–Crippen LogP) is 4.66. The number of hydrogen-bond donors (Lipinski definition) is 1. The number of Topliss-reactive ketones (excluding diaryl/α,β-unsaturated/α-hetero) is 1. The van der Waals surface area contributed by atoms with Crippen molar-refractivity contribution in [3.8, 4) is 5.75 Å². The summed E-state index contributed by atoms with van der Waals surface area (Å²) in [4.78, 5) is 31.9. The Hall–Kier alpha value is -3.93. The highest BCUT2D eigenvalue weighted by Crippen LogP contribution is 2.40. The van der Waals surface area contributed by atoms with Gasteiger partial charge < -0.3 is 14.7 Å². The minimum atomic E-state index is -0.716. The highest BCUT2D eigenvalue weighted by atomic mass is 16.5. The first-order valence-electron chi connectivity index (χ1n) is 11.0. The van der Waals surface area contributed by atoms with Gasteiger partial charge in [-0.05, 0) is 48.2 Å². The topological polar surface area (TPSA) is 79.7 Å². The van der Waals surface area contributed by atoms with Gasteiger partial charge >= 0.3 is 0 Å². The van der Waals surface area contributed by atoms with E-state index in [1.807, 2.05) is 37.3 Å². The summed E-state index contributed by atoms with van der Waals surface area (Å²) in [6.45, 7) is 4.61. The van der Waals surface area contributed by atoms with Crippen LogP contribution in [-0.2, 0) is 22.6 Å². The van der Waals surface area contributed by atoms with Crippen LogP contribution in [0.25, 0.3) is 5.76 Å². The number of carbonyl (C=O) groups is 2. The van der Waals surface area contributed by atoms with Gasteiger partial charge in [0.05, 0.1) is 18.2 Å². The molecule has 3 aromatic rings. The Labute approximate surface area is 193 Å². The lowest BCUT2D eigenvalue weighted by molar-refractivity contribution is -0.140. The third kappa shape index (κ3) is 4.51. The molecule has 0 aliphatic carbocycles. The van der Waals surface area contributed by atoms with Crippen molar-refractivity contribution in [2.45, 2.75) is 32.9 Å². The molecule has 1 unspecified atom stereocenters. The molecule has 4 rings (SSSR count). The standard InChI is InChI=1S/C27H26N2O4/c1-3-18-10-12-20(13-11-18)24-23(25(30)21-8-5-9-22(15-21)33-4-2)26(31)27(32)29(24)17-19-7-6-14-28-16-19/h5-16,24,30H,3-4,17H2,1-2H3. The predicted molar refractivity (Wildman–Crippen MR) is 126 cm³/mol. The summed E-state index contributed by atoms with van der Waals surface area (Å²) >= 11 is 0. The molecule has 2 heterocycles. The molecule has 1 fully saturated rings. The fraction of sp³-hybridized carbons (Fsp3) is 0.222. The lowest BCUT2D eigenvalue weighted by Crippen LogP contribution is -2.29. The lowest BCUT2D eigenvalue weighted by atomic mass is 9.94. The second kappa shape index (κ2) is 9.69. The van der Waals surface area contributed by atoms with Crippen LogP contribution in [0.4, 0.5) is 0 Å². The minimum absolute atomic E-state index is 0.0711. The lowest BCUT2D eigenvalue weighted by Gasteiger charge is -2.25. The first-order chi connectivity index (χ1) is 16.0. The number of aliphatic hydroxyl groups excluding tert-OH is 1. The van der Waals surface area contributed by atoms with Crippen LogP contribution in [0.2, 0.25) is 0 Å². The van der Waals surface area contributed by atoms with Crippen molar-refractivity contribution < 1.29 is 19.4 Å². The number of benzene rings is 2. The second-order valence-electron chi connectivity index (χ2n) is 7.84. The number of aromatic nitrogens is 1. The zero-order valence-electron chi connectivity index (χ0n) is 18.7. The van der Waals surface area contributed by atoms with Crippen LogP contribution in [0.1, 0.15) is 42.1 Å². The zero-order valence-corrected chi connectivity index (χ0v) is 18.7. The summed E-state index contributed by atoms with van der Waals surface area (Å²) < 4.78 is 5.54. The van der Waals surface area contributed by atoms with Gasteiger partial charge in [0, 0.05) is 24.5 Å². The molecule has 6 nitrogen and oxygen atoms in total. The summed E-state index contributed by atoms with van der Waals surface area (Å²) in [7, 11) is 0. The van der Waals surface area contributed by atoms with Gasteiger partial charge in [-0.25, -0.2) is 0 Å². The normalized spacial score (nSPS) is 17.4. The van der Waals surface area contributed by atoms with Crippen LogP contribution in [0.15, 0.2) is 78.6 Å². The first-order valence-corrected chi connectivity index (χ1v) is 11.0. The average Bonchev–Trinajstić information content (AvgIpc) is 3.09. The summed E-state index contributed by atoms with van der Waals surface area (Å²) in [6.07, 6.45) is 4.20. The van der Waals surface area contributed by atoms with Gasteiger partial charge in [-0.15, -0.1) is 0 Å². The van der Waals surface area contributed by atoms with Gasteiger partial charge in [0.1, 0.15) is 11.5 Å². The van der Waals surface area contributed by atoms with Crippen LogP contribution in [0.5, 0.6) is 5.75 Å². The number of carbonyl (C=O) groups excluding carboxylic acids is 2. The molecule has 2 aromatic carbocycles. The molecule has 0 bridgehead atoms. The fourth-order valence-corrected chi connectivity index (χ4v) is 4.07. The molecular formula is C27H26N2O4. The maximum absolute atomic E-state index is 13.2. The number of nitrogens with zero attached hydrogens (tertiary/aromatic N) is 2. The molecule has 1 aliphatic heterocycles. The van der Waals surface area contributed by atoms with Gasteiger partial charge in [0.15, 0.2) is 0 Å². The Morgan fingerprint density at radius 2 is 1.82 bits per heavy atom. The largest absolute Gasteiger partial charge is 0.507 e. The number of pyridine rings is 1. The molecule has 1 amide bonds. The Morgan fingerprint density at radius 1 is 1.03 bits per heavy atom. The minimum Gasteiger partial charge on any atom is -0.507 e. The third-order valence-electron chi connectivity index (χ3n) is 5.74. The van der Waals surface area contributed by atoms with Crippen molar-refractivity contribution in [3.05, 3.63) is 101 Å². The molecule has 6 heteroatoms. The van der Waals surface area contributed by atoms with Crippen molar-refractivity contribution in [2.75, 3.05) is 6.61 Å². The van der Waals surface area contributed by atoms with Gasteiger partial charge in [0.25, 0.3) is 11.7 Å². The zero-order chi connectivity index (χ0) is 23.4. The molecule has 168 valence electrons. The van der Waals surface area contributed by atoms with Crippen molar-refractivity contribution in [1.82, 2.24) is 9.88 Å². The van der Waals surface area contributed by atoms with E-state index in [9.17, 15) is 14.7 Å². The van der Waals surface area contributed by atoms with Gasteiger partial charge in [0.2, 0.25) is 0 Å². The van der Waals surface area contributed by atoms with E-state index < -0.39 is 17.7 Å². The molecule has 33 heavy (non-hydrogen) atoms. The van der Waals surface area contributed by atoms with Gasteiger partial charge in [-0.1, -0.05) is 49.4 Å². The SMILES string of the molecule is CCOc1cccc(C(O)=C2C(=O)C(=O)N(Cc3cccnc3)C2c2ccc(CC)cc2)c1. The van der Waals surface area contributed by atoms with Crippen LogP contribution < -0.4 is 4.74 Å². The maximum atomic E-state index is 13.2. The smallest absolute Gasteiger partial charge is 0.295 e. The fourth-order valence-electron chi connectivity index (χ4n) is 4.07. The summed E-state index contributed by atoms with van der Waals surface area (Å²) in [5.41, 5.74) is 3.20. The Kier molecular flexibility index (Phi) is 6.54. The third-order valence-corrected chi connectivity index (χ3v) is 5.74. The molecule has 0 radical (unpaired) electrons. The van der Waals surface area contributed by atoms with E-state index in [2.05, 4.69) is 11.9 Å². The number of amides is 1. The van der Waals surface area contributed by atoms with E-state index in [1.54, 1.807) is 42.7 Å². The first kappa shape index (κ1) is 22.3. The molecule has 1 aliphatic rings. The van der Waals surface area contributed by atoms with Gasteiger partial charge in [-0.3, -0.25) is 14.6 Å². The molecule has 0 spiro atoms. The summed E-state index contributed by atoms with van der Waals surface area (Å²) in [5.74, 6) is -0.989. The van der Waals surface area contributed by atoms with Gasteiger partial charge in [-0.2, -0.15) is 0 Å². The highest BCUT2D eigenvalue weighted by Gasteiger charge is 2.46. The summed E-state index contributed by atoms with van der Waals surface area (Å²) in [5, 5.41) is 11.2. The van der Waals surface area contributed by atoms with Crippen molar-refractivity contribution in [2.24, 2.45) is 0 Å². The molecule has 1 atom stereocenters. The Morgan fingerprint density at radius 3 is 2.48 bits per heavy atom. The number of aliphatic hydroxyl groups is 1. The van der Waals surface area contributed by atoms with Crippen LogP contribution in [0.3, 0.4) is 0 Å². The average molecular weight is 443 g/mol. The van der Waals surface area contributed by atoms with E-state index in [0.717, 1.165) is 23.1 Å². The number of ether oxygens (including phenoxy) is 1. The monoisotopic (exact) mass is 442 g/mol. The molecule has 1 saturated heterocycles. The van der Waals surface area contributed by atoms with Crippen molar-refractivity contribution in [1.29, 1.82) is 0 Å². The number of rotatable bonds is 7. The number of likely N-dealkylation sites (tertiary alicyclic amines) is 1. The van der Waals surface area contributed by atoms with E-state index in [-0.39, 0.29) is 17.9 Å². The molecule has 1 aromatic heterocycles. The van der Waals surface area contributed by atoms with Crippen molar-refractivity contribution >= 4 is 17.4 Å². The highest BCUT2D eigenvalue weighted by molar-refractivity contribution is 6.46. The van der Waals surface area contributed by atoms with Crippen molar-refractivity contribution in [3.63, 3.8) is 0 Å². The van der Waals surface area contributed by atoms with E-state index >= 15 is 0 Å². The number of aryl methyl sites for hydroxylation is 1. The van der Waals surface area contributed by atoms with Crippen LogP contribution >= 0.6 is 0 Å². The number of ketones is 1. The molecular weight excluding hydrogens is 416 g/mol. The van der Waals surface area contributed by atoms with E-state index in [0.29, 0.717) is 17.9 Å². The maximum Gasteiger partial charge on any atom is 0.295 e. The van der Waals surface area contributed by atoms with Crippen LogP contribution in [0, 0.1) is 0 Å². The summed E-state index contributed by atoms with van der Waals surface area (Å²) in [6, 6.07) is 17.6. The molecule has 1 N–H and O–H groups in total. The Bertz CT molecular complexity index is 1190. The number of hydrogen-bond acceptors (Lipinski definition) is 5. The Balaban J connectivity index is 1.84. The second-order valence-corrected chi connectivity index (χ2v) is 7.84. The van der Waals surface area contributed by atoms with E-state index in [4.69, 9.17) is 4.74 Å². The molecule has 0 saturated carbocycles. The van der Waals surface area contributed by atoms with Crippen LogP contribution in [-0.4, -0.2) is 33.3 Å². The quantitative estimate of drug-likeness (QED) is 0.327.